The number of rotatable bonds is 5. The molecule has 0 bridgehead atoms. The molecule has 1 aromatic carbocycles. The summed E-state index contributed by atoms with van der Waals surface area (Å²) >= 11 is 0. The molecule has 0 saturated heterocycles. The van der Waals surface area contributed by atoms with Gasteiger partial charge in [0.1, 0.15) is 5.75 Å². The molecule has 100 valence electrons. The minimum Gasteiger partial charge on any atom is -0.493 e. The number of ether oxygens (including phenoxy) is 1. The SMILES string of the molecule is Cc1cc(S(=O)(=O)Cl)c(C)cc1OCCC(N)=O. The van der Waals surface area contributed by atoms with Gasteiger partial charge in [0, 0.05) is 10.7 Å². The zero-order chi connectivity index (χ0) is 13.9. The molecule has 0 spiro atoms. The summed E-state index contributed by atoms with van der Waals surface area (Å²) in [5, 5.41) is 0. The second-order valence-electron chi connectivity index (χ2n) is 3.89. The van der Waals surface area contributed by atoms with Crippen LogP contribution in [-0.4, -0.2) is 20.9 Å². The van der Waals surface area contributed by atoms with Gasteiger partial charge in [-0.2, -0.15) is 0 Å². The molecule has 0 fully saturated rings. The van der Waals surface area contributed by atoms with Crippen molar-refractivity contribution >= 4 is 25.6 Å². The predicted molar refractivity (Wildman–Crippen MR) is 68.3 cm³/mol. The van der Waals surface area contributed by atoms with Gasteiger partial charge in [-0.05, 0) is 37.1 Å². The van der Waals surface area contributed by atoms with Crippen LogP contribution in [0, 0.1) is 13.8 Å². The number of halogens is 1. The van der Waals surface area contributed by atoms with Crippen LogP contribution >= 0.6 is 10.7 Å². The lowest BCUT2D eigenvalue weighted by atomic mass is 10.1. The molecule has 1 aromatic rings. The van der Waals surface area contributed by atoms with Gasteiger partial charge < -0.3 is 10.5 Å². The van der Waals surface area contributed by atoms with Crippen LogP contribution < -0.4 is 10.5 Å². The number of carbonyl (C=O) groups is 1. The Hall–Kier alpha value is -1.27. The predicted octanol–water partition coefficient (Wildman–Crippen LogP) is 1.49. The number of nitrogens with two attached hydrogens (primary N) is 1. The van der Waals surface area contributed by atoms with Crippen LogP contribution in [0.15, 0.2) is 17.0 Å². The van der Waals surface area contributed by atoms with Crippen molar-refractivity contribution in [3.05, 3.63) is 23.3 Å². The highest BCUT2D eigenvalue weighted by Gasteiger charge is 2.16. The normalized spacial score (nSPS) is 11.3. The van der Waals surface area contributed by atoms with Gasteiger partial charge in [0.25, 0.3) is 9.05 Å². The highest BCUT2D eigenvalue weighted by molar-refractivity contribution is 8.13. The van der Waals surface area contributed by atoms with Crippen LogP contribution in [0.3, 0.4) is 0 Å². The summed E-state index contributed by atoms with van der Waals surface area (Å²) in [7, 11) is 1.54. The lowest BCUT2D eigenvalue weighted by Gasteiger charge is -2.11. The van der Waals surface area contributed by atoms with E-state index in [9.17, 15) is 13.2 Å². The lowest BCUT2D eigenvalue weighted by Crippen LogP contribution is -2.15. The number of primary amides is 1. The van der Waals surface area contributed by atoms with Gasteiger partial charge in [-0.25, -0.2) is 8.42 Å². The Kier molecular flexibility index (Phi) is 4.59. The van der Waals surface area contributed by atoms with E-state index >= 15 is 0 Å². The molecule has 0 aliphatic rings. The third-order valence-electron chi connectivity index (χ3n) is 2.34. The number of hydrogen-bond acceptors (Lipinski definition) is 4. The highest BCUT2D eigenvalue weighted by Crippen LogP contribution is 2.27. The molecule has 0 aliphatic carbocycles. The van der Waals surface area contributed by atoms with E-state index in [1.165, 1.54) is 6.07 Å². The first-order chi connectivity index (χ1) is 8.21. The Morgan fingerprint density at radius 2 is 1.94 bits per heavy atom. The number of aryl methyl sites for hydroxylation is 2. The fourth-order valence-corrected chi connectivity index (χ4v) is 2.70. The van der Waals surface area contributed by atoms with Crippen molar-refractivity contribution in [2.75, 3.05) is 6.61 Å². The molecular formula is C11H14ClNO4S. The fraction of sp³-hybridized carbons (Fsp3) is 0.364. The first-order valence-corrected chi connectivity index (χ1v) is 7.49. The summed E-state index contributed by atoms with van der Waals surface area (Å²) in [6.07, 6.45) is 0.105. The standard InChI is InChI=1S/C11H14ClNO4S/c1-7-6-10(18(12,15)16)8(2)5-9(7)17-4-3-11(13)14/h5-6H,3-4H2,1-2H3,(H2,13,14). The van der Waals surface area contributed by atoms with Crippen molar-refractivity contribution in [2.24, 2.45) is 5.73 Å². The quantitative estimate of drug-likeness (QED) is 0.833. The van der Waals surface area contributed by atoms with E-state index in [0.29, 0.717) is 16.9 Å². The van der Waals surface area contributed by atoms with Crippen molar-refractivity contribution in [1.29, 1.82) is 0 Å². The maximum absolute atomic E-state index is 11.3. The minimum atomic E-state index is -3.76. The largest absolute Gasteiger partial charge is 0.493 e. The van der Waals surface area contributed by atoms with Crippen molar-refractivity contribution in [1.82, 2.24) is 0 Å². The molecule has 0 atom stereocenters. The summed E-state index contributed by atoms with van der Waals surface area (Å²) in [6, 6.07) is 3.02. The molecular weight excluding hydrogens is 278 g/mol. The van der Waals surface area contributed by atoms with Gasteiger partial charge in [-0.1, -0.05) is 0 Å². The molecule has 2 N–H and O–H groups in total. The first-order valence-electron chi connectivity index (χ1n) is 5.19. The molecule has 0 saturated carbocycles. The third-order valence-corrected chi connectivity index (χ3v) is 3.81. The highest BCUT2D eigenvalue weighted by atomic mass is 35.7. The van der Waals surface area contributed by atoms with E-state index in [0.717, 1.165) is 0 Å². The van der Waals surface area contributed by atoms with Gasteiger partial charge in [-0.3, -0.25) is 4.79 Å². The third kappa shape index (κ3) is 3.89. The van der Waals surface area contributed by atoms with E-state index in [4.69, 9.17) is 21.2 Å². The Morgan fingerprint density at radius 3 is 2.44 bits per heavy atom. The average molecular weight is 292 g/mol. The number of benzene rings is 1. The summed E-state index contributed by atoms with van der Waals surface area (Å²) in [4.78, 5) is 10.6. The molecule has 0 radical (unpaired) electrons. The van der Waals surface area contributed by atoms with Gasteiger partial charge in [0.2, 0.25) is 5.91 Å². The van der Waals surface area contributed by atoms with Crippen LogP contribution in [0.25, 0.3) is 0 Å². The Bertz CT molecular complexity index is 569. The van der Waals surface area contributed by atoms with E-state index in [-0.39, 0.29) is 17.9 Å². The van der Waals surface area contributed by atoms with Crippen LogP contribution in [-0.2, 0) is 13.8 Å². The molecule has 0 aliphatic heterocycles. The Morgan fingerprint density at radius 1 is 1.33 bits per heavy atom. The summed E-state index contributed by atoms with van der Waals surface area (Å²) in [5.74, 6) is 0.0575. The van der Waals surface area contributed by atoms with E-state index in [1.807, 2.05) is 0 Å². The summed E-state index contributed by atoms with van der Waals surface area (Å²) in [5.41, 5.74) is 6.11. The lowest BCUT2D eigenvalue weighted by molar-refractivity contribution is -0.118. The molecule has 7 heteroatoms. The van der Waals surface area contributed by atoms with Gasteiger partial charge >= 0.3 is 0 Å². The zero-order valence-corrected chi connectivity index (χ0v) is 11.6. The monoisotopic (exact) mass is 291 g/mol. The fourth-order valence-electron chi connectivity index (χ4n) is 1.44. The van der Waals surface area contributed by atoms with Crippen LogP contribution in [0.2, 0.25) is 0 Å². The molecule has 0 unspecified atom stereocenters. The maximum atomic E-state index is 11.3. The molecule has 18 heavy (non-hydrogen) atoms. The molecule has 1 rings (SSSR count). The molecule has 1 amide bonds. The first kappa shape index (κ1) is 14.8. The number of hydrogen-bond donors (Lipinski definition) is 1. The topological polar surface area (TPSA) is 86.5 Å². The Balaban J connectivity index is 2.97. The van der Waals surface area contributed by atoms with E-state index < -0.39 is 15.0 Å². The molecule has 0 aromatic heterocycles. The number of amides is 1. The van der Waals surface area contributed by atoms with Crippen LogP contribution in [0.1, 0.15) is 17.5 Å². The van der Waals surface area contributed by atoms with E-state index in [1.54, 1.807) is 19.9 Å². The molecule has 0 heterocycles. The van der Waals surface area contributed by atoms with Gasteiger partial charge in [-0.15, -0.1) is 0 Å². The van der Waals surface area contributed by atoms with Gasteiger partial charge in [0.15, 0.2) is 0 Å². The van der Waals surface area contributed by atoms with Crippen molar-refractivity contribution in [3.63, 3.8) is 0 Å². The molecule has 5 nitrogen and oxygen atoms in total. The smallest absolute Gasteiger partial charge is 0.261 e. The second kappa shape index (κ2) is 5.58. The van der Waals surface area contributed by atoms with Crippen molar-refractivity contribution in [2.45, 2.75) is 25.2 Å². The maximum Gasteiger partial charge on any atom is 0.261 e. The van der Waals surface area contributed by atoms with Crippen LogP contribution in [0.5, 0.6) is 5.75 Å². The second-order valence-corrected chi connectivity index (χ2v) is 6.42. The average Bonchev–Trinajstić information content (AvgIpc) is 2.20. The Labute approximate surface area is 110 Å². The zero-order valence-electron chi connectivity index (χ0n) is 10.1. The minimum absolute atomic E-state index is 0.0592. The van der Waals surface area contributed by atoms with Crippen molar-refractivity contribution < 1.29 is 17.9 Å². The van der Waals surface area contributed by atoms with Gasteiger partial charge in [0.05, 0.1) is 17.9 Å². The summed E-state index contributed by atoms with van der Waals surface area (Å²) in [6.45, 7) is 3.48. The number of carbonyl (C=O) groups excluding carboxylic acids is 1. The van der Waals surface area contributed by atoms with E-state index in [2.05, 4.69) is 0 Å². The summed E-state index contributed by atoms with van der Waals surface area (Å²) < 4.78 is 27.9. The van der Waals surface area contributed by atoms with Crippen molar-refractivity contribution in [3.8, 4) is 5.75 Å². The van der Waals surface area contributed by atoms with Crippen LogP contribution in [0.4, 0.5) is 0 Å².